The van der Waals surface area contributed by atoms with E-state index in [2.05, 4.69) is 31.9 Å². The highest BCUT2D eigenvalue weighted by Crippen LogP contribution is 2.33. The molecule has 74 valence electrons. The third-order valence-electron chi connectivity index (χ3n) is 1.96. The van der Waals surface area contributed by atoms with Crippen LogP contribution in [0.15, 0.2) is 0 Å². The van der Waals surface area contributed by atoms with Crippen LogP contribution in [0.25, 0.3) is 0 Å². The van der Waals surface area contributed by atoms with Crippen LogP contribution in [0.2, 0.25) is 0 Å². The summed E-state index contributed by atoms with van der Waals surface area (Å²) >= 11 is 6.55. The van der Waals surface area contributed by atoms with Crippen molar-refractivity contribution in [1.29, 1.82) is 0 Å². The molecule has 3 atom stereocenters. The third-order valence-corrected chi connectivity index (χ3v) is 4.67. The molecule has 0 spiro atoms. The summed E-state index contributed by atoms with van der Waals surface area (Å²) in [6.45, 7) is 2.05. The molecule has 0 unspecified atom stereocenters. The lowest BCUT2D eigenvalue weighted by atomic mass is 10.1. The van der Waals surface area contributed by atoms with Crippen LogP contribution in [0.4, 0.5) is 0 Å². The number of ether oxygens (including phenoxy) is 1. The first-order chi connectivity index (χ1) is 6.07. The molecule has 1 saturated carbocycles. The van der Waals surface area contributed by atoms with E-state index in [9.17, 15) is 9.59 Å². The summed E-state index contributed by atoms with van der Waals surface area (Å²) in [5.41, 5.74) is 0. The van der Waals surface area contributed by atoms with Gasteiger partial charge in [0.25, 0.3) is 0 Å². The maximum Gasteiger partial charge on any atom is 0.316 e. The van der Waals surface area contributed by atoms with Crippen molar-refractivity contribution < 1.29 is 14.3 Å². The molecule has 5 heteroatoms. The van der Waals surface area contributed by atoms with E-state index in [0.29, 0.717) is 13.0 Å². The number of halogens is 2. The fourth-order valence-electron chi connectivity index (χ4n) is 1.29. The molecule has 0 bridgehead atoms. The van der Waals surface area contributed by atoms with E-state index < -0.39 is 11.9 Å². The van der Waals surface area contributed by atoms with Crippen LogP contribution < -0.4 is 0 Å². The van der Waals surface area contributed by atoms with Crippen LogP contribution in [0, 0.1) is 5.92 Å². The van der Waals surface area contributed by atoms with Crippen LogP contribution in [-0.2, 0) is 14.3 Å². The van der Waals surface area contributed by atoms with Crippen molar-refractivity contribution in [3.05, 3.63) is 0 Å². The van der Waals surface area contributed by atoms with Gasteiger partial charge in [-0.1, -0.05) is 31.9 Å². The number of carbonyl (C=O) groups excluding carboxylic acids is 2. The Bertz CT molecular complexity index is 229. The van der Waals surface area contributed by atoms with Gasteiger partial charge in [-0.05, 0) is 13.3 Å². The molecule has 1 aliphatic rings. The van der Waals surface area contributed by atoms with Crippen molar-refractivity contribution in [2.75, 3.05) is 6.61 Å². The van der Waals surface area contributed by atoms with Gasteiger partial charge in [0.05, 0.1) is 11.4 Å². The lowest BCUT2D eigenvalue weighted by molar-refractivity contribution is -0.150. The zero-order chi connectivity index (χ0) is 10.0. The van der Waals surface area contributed by atoms with Crippen molar-refractivity contribution in [2.45, 2.75) is 23.0 Å². The monoisotopic (exact) mass is 312 g/mol. The number of hydrogen-bond donors (Lipinski definition) is 0. The van der Waals surface area contributed by atoms with Gasteiger partial charge in [0.15, 0.2) is 5.78 Å². The van der Waals surface area contributed by atoms with Gasteiger partial charge in [-0.3, -0.25) is 9.59 Å². The first kappa shape index (κ1) is 11.2. The Balaban J connectivity index is 2.63. The molecule has 0 saturated heterocycles. The van der Waals surface area contributed by atoms with E-state index in [4.69, 9.17) is 4.74 Å². The Morgan fingerprint density at radius 3 is 2.62 bits per heavy atom. The topological polar surface area (TPSA) is 43.4 Å². The second kappa shape index (κ2) is 4.55. The SMILES string of the molecule is CCOC(=O)[C@H]1C[C@H](Br)[C@H](Br)C1=O. The van der Waals surface area contributed by atoms with E-state index in [1.165, 1.54) is 0 Å². The van der Waals surface area contributed by atoms with E-state index in [-0.39, 0.29) is 15.4 Å². The van der Waals surface area contributed by atoms with Crippen molar-refractivity contribution in [3.63, 3.8) is 0 Å². The smallest absolute Gasteiger partial charge is 0.316 e. The Morgan fingerprint density at radius 1 is 1.62 bits per heavy atom. The molecule has 1 rings (SSSR count). The van der Waals surface area contributed by atoms with Crippen molar-refractivity contribution in [1.82, 2.24) is 0 Å². The minimum absolute atomic E-state index is 0.0365. The van der Waals surface area contributed by atoms with Crippen LogP contribution in [0.1, 0.15) is 13.3 Å². The predicted molar refractivity (Wildman–Crippen MR) is 55.2 cm³/mol. The molecule has 1 aliphatic carbocycles. The molecular weight excluding hydrogens is 304 g/mol. The summed E-state index contributed by atoms with van der Waals surface area (Å²) in [4.78, 5) is 22.5. The van der Waals surface area contributed by atoms with Gasteiger partial charge in [-0.25, -0.2) is 0 Å². The van der Waals surface area contributed by atoms with Gasteiger partial charge in [0.1, 0.15) is 5.92 Å². The summed E-state index contributed by atoms with van der Waals surface area (Å²) < 4.78 is 4.79. The summed E-state index contributed by atoms with van der Waals surface area (Å²) in [7, 11) is 0. The zero-order valence-corrected chi connectivity index (χ0v) is 10.3. The van der Waals surface area contributed by atoms with Gasteiger partial charge in [0.2, 0.25) is 0 Å². The number of ketones is 1. The molecule has 3 nitrogen and oxygen atoms in total. The standard InChI is InChI=1S/C8H10Br2O3/c1-2-13-8(12)4-3-5(9)6(10)7(4)11/h4-6H,2-3H2,1H3/t4-,5-,6-/m0/s1. The van der Waals surface area contributed by atoms with E-state index in [1.54, 1.807) is 6.92 Å². The number of rotatable bonds is 2. The highest BCUT2D eigenvalue weighted by atomic mass is 79.9. The van der Waals surface area contributed by atoms with Crippen LogP contribution in [0.5, 0.6) is 0 Å². The molecule has 0 amide bonds. The fourth-order valence-corrected chi connectivity index (χ4v) is 2.46. The Labute approximate surface area is 93.5 Å². The highest BCUT2D eigenvalue weighted by Gasteiger charge is 2.43. The van der Waals surface area contributed by atoms with Crippen molar-refractivity contribution in [2.24, 2.45) is 5.92 Å². The second-order valence-electron chi connectivity index (χ2n) is 2.86. The van der Waals surface area contributed by atoms with E-state index in [0.717, 1.165) is 0 Å². The Kier molecular flexibility index (Phi) is 3.91. The average Bonchev–Trinajstić information content (AvgIpc) is 2.33. The fraction of sp³-hybridized carbons (Fsp3) is 0.750. The minimum Gasteiger partial charge on any atom is -0.465 e. The summed E-state index contributed by atoms with van der Waals surface area (Å²) in [5, 5.41) is 0. The van der Waals surface area contributed by atoms with Crippen LogP contribution in [-0.4, -0.2) is 28.0 Å². The van der Waals surface area contributed by atoms with Crippen LogP contribution in [0.3, 0.4) is 0 Å². The molecule has 0 heterocycles. The van der Waals surface area contributed by atoms with Crippen molar-refractivity contribution in [3.8, 4) is 0 Å². The molecule has 0 radical (unpaired) electrons. The lowest BCUT2D eigenvalue weighted by Crippen LogP contribution is -2.24. The maximum absolute atomic E-state index is 11.5. The predicted octanol–water partition coefficient (Wildman–Crippen LogP) is 1.67. The average molecular weight is 314 g/mol. The van der Waals surface area contributed by atoms with Gasteiger partial charge in [-0.2, -0.15) is 0 Å². The van der Waals surface area contributed by atoms with E-state index in [1.807, 2.05) is 0 Å². The van der Waals surface area contributed by atoms with Crippen molar-refractivity contribution >= 4 is 43.6 Å². The van der Waals surface area contributed by atoms with Gasteiger partial charge in [-0.15, -0.1) is 0 Å². The number of carbonyl (C=O) groups is 2. The minimum atomic E-state index is -0.589. The first-order valence-corrected chi connectivity index (χ1v) is 5.89. The molecule has 13 heavy (non-hydrogen) atoms. The number of alkyl halides is 2. The second-order valence-corrected chi connectivity index (χ2v) is 5.02. The number of Topliss-reactive ketones (excluding diaryl/α,β-unsaturated/α-hetero) is 1. The zero-order valence-electron chi connectivity index (χ0n) is 7.13. The lowest BCUT2D eigenvalue weighted by Gasteiger charge is -2.06. The molecular formula is C8H10Br2O3. The van der Waals surface area contributed by atoms with Crippen LogP contribution >= 0.6 is 31.9 Å². The summed E-state index contributed by atoms with van der Waals surface area (Å²) in [6, 6.07) is 0. The van der Waals surface area contributed by atoms with Gasteiger partial charge < -0.3 is 4.74 Å². The first-order valence-electron chi connectivity index (χ1n) is 4.06. The van der Waals surface area contributed by atoms with E-state index >= 15 is 0 Å². The van der Waals surface area contributed by atoms with Gasteiger partial charge >= 0.3 is 5.97 Å². The number of hydrogen-bond acceptors (Lipinski definition) is 3. The summed E-state index contributed by atoms with van der Waals surface area (Å²) in [6.07, 6.45) is 0.521. The quantitative estimate of drug-likeness (QED) is 0.442. The highest BCUT2D eigenvalue weighted by molar-refractivity contribution is 9.12. The normalized spacial score (nSPS) is 33.5. The molecule has 0 N–H and O–H groups in total. The Morgan fingerprint density at radius 2 is 2.23 bits per heavy atom. The largest absolute Gasteiger partial charge is 0.465 e. The summed E-state index contributed by atoms with van der Waals surface area (Å²) in [5.74, 6) is -1.08. The molecule has 0 aromatic heterocycles. The maximum atomic E-state index is 11.5. The number of esters is 1. The molecule has 1 fully saturated rings. The third kappa shape index (κ3) is 2.31. The Hall–Kier alpha value is 0.1000. The molecule has 0 aromatic rings. The molecule has 0 aromatic carbocycles. The molecule has 0 aliphatic heterocycles. The van der Waals surface area contributed by atoms with Gasteiger partial charge in [0, 0.05) is 4.83 Å².